The molecule has 0 bridgehead atoms. The Kier molecular flexibility index (Phi) is 3.82. The van der Waals surface area contributed by atoms with E-state index in [1.807, 2.05) is 25.5 Å². The average molecular weight is 231 g/mol. The minimum absolute atomic E-state index is 0.0135. The highest BCUT2D eigenvalue weighted by atomic mass is 15.1. The Balaban J connectivity index is 2.32. The summed E-state index contributed by atoms with van der Waals surface area (Å²) in [7, 11) is 1.91. The molecule has 2 rings (SSSR count). The Morgan fingerprint density at radius 2 is 2.24 bits per heavy atom. The van der Waals surface area contributed by atoms with Gasteiger partial charge in [-0.1, -0.05) is 6.92 Å². The third-order valence-electron chi connectivity index (χ3n) is 2.66. The van der Waals surface area contributed by atoms with Crippen molar-refractivity contribution in [1.82, 2.24) is 24.8 Å². The molecule has 1 unspecified atom stereocenters. The van der Waals surface area contributed by atoms with Gasteiger partial charge >= 0.3 is 0 Å². The Morgan fingerprint density at radius 3 is 2.88 bits per heavy atom. The van der Waals surface area contributed by atoms with Crippen LogP contribution in [0.2, 0.25) is 0 Å². The van der Waals surface area contributed by atoms with Gasteiger partial charge in [0.1, 0.15) is 18.2 Å². The van der Waals surface area contributed by atoms with Gasteiger partial charge in [0.2, 0.25) is 0 Å². The van der Waals surface area contributed by atoms with Gasteiger partial charge in [0, 0.05) is 25.1 Å². The molecule has 0 spiro atoms. The van der Waals surface area contributed by atoms with E-state index in [2.05, 4.69) is 31.8 Å². The van der Waals surface area contributed by atoms with E-state index >= 15 is 0 Å². The molecule has 2 aromatic heterocycles. The van der Waals surface area contributed by atoms with Crippen LogP contribution in [0.4, 0.5) is 0 Å². The van der Waals surface area contributed by atoms with Crippen molar-refractivity contribution in [1.29, 1.82) is 0 Å². The van der Waals surface area contributed by atoms with E-state index in [1.54, 1.807) is 12.5 Å². The van der Waals surface area contributed by atoms with Crippen molar-refractivity contribution in [3.8, 4) is 0 Å². The Bertz CT molecular complexity index is 451. The molecule has 0 aliphatic carbocycles. The number of rotatable bonds is 5. The molecule has 5 heteroatoms. The molecule has 0 fully saturated rings. The SMILES string of the molecule is CCCn1ccnc1C(NC)c1ccncn1. The maximum atomic E-state index is 4.42. The molecule has 90 valence electrons. The topological polar surface area (TPSA) is 55.6 Å². The van der Waals surface area contributed by atoms with E-state index < -0.39 is 0 Å². The lowest BCUT2D eigenvalue weighted by molar-refractivity contribution is 0.558. The van der Waals surface area contributed by atoms with Gasteiger partial charge in [0.25, 0.3) is 0 Å². The smallest absolute Gasteiger partial charge is 0.132 e. The van der Waals surface area contributed by atoms with Crippen molar-refractivity contribution in [2.24, 2.45) is 0 Å². The molecule has 0 amide bonds. The standard InChI is InChI=1S/C12H17N5/c1-3-7-17-8-6-15-12(17)11(13-2)10-4-5-14-9-16-10/h4-6,8-9,11,13H,3,7H2,1-2H3. The summed E-state index contributed by atoms with van der Waals surface area (Å²) in [6.07, 6.45) is 8.23. The van der Waals surface area contributed by atoms with Crippen LogP contribution in [0.15, 0.2) is 31.0 Å². The zero-order valence-electron chi connectivity index (χ0n) is 10.2. The van der Waals surface area contributed by atoms with E-state index in [-0.39, 0.29) is 6.04 Å². The van der Waals surface area contributed by atoms with Crippen LogP contribution in [0.3, 0.4) is 0 Å². The van der Waals surface area contributed by atoms with Gasteiger partial charge in [-0.15, -0.1) is 0 Å². The zero-order chi connectivity index (χ0) is 12.1. The molecule has 0 aliphatic heterocycles. The molecular weight excluding hydrogens is 214 g/mol. The molecule has 0 aromatic carbocycles. The van der Waals surface area contributed by atoms with Gasteiger partial charge in [-0.3, -0.25) is 0 Å². The van der Waals surface area contributed by atoms with Crippen molar-refractivity contribution in [3.63, 3.8) is 0 Å². The molecule has 1 N–H and O–H groups in total. The van der Waals surface area contributed by atoms with Crippen LogP contribution in [0, 0.1) is 0 Å². The van der Waals surface area contributed by atoms with Crippen molar-refractivity contribution in [2.45, 2.75) is 25.9 Å². The highest BCUT2D eigenvalue weighted by molar-refractivity contribution is 5.16. The van der Waals surface area contributed by atoms with Gasteiger partial charge < -0.3 is 9.88 Å². The van der Waals surface area contributed by atoms with E-state index in [1.165, 1.54) is 0 Å². The van der Waals surface area contributed by atoms with Gasteiger partial charge in [0.05, 0.1) is 5.69 Å². The summed E-state index contributed by atoms with van der Waals surface area (Å²) in [5, 5.41) is 3.25. The monoisotopic (exact) mass is 231 g/mol. The molecular formula is C12H17N5. The van der Waals surface area contributed by atoms with Gasteiger partial charge in [-0.05, 0) is 19.5 Å². The first-order valence-electron chi connectivity index (χ1n) is 5.81. The molecule has 5 nitrogen and oxygen atoms in total. The Labute approximate surface area is 101 Å². The maximum Gasteiger partial charge on any atom is 0.132 e. The zero-order valence-corrected chi connectivity index (χ0v) is 10.2. The molecule has 2 aromatic rings. The van der Waals surface area contributed by atoms with Gasteiger partial charge in [-0.2, -0.15) is 0 Å². The Hall–Kier alpha value is -1.75. The predicted octanol–water partition coefficient (Wildman–Crippen LogP) is 1.39. The lowest BCUT2D eigenvalue weighted by Crippen LogP contribution is -2.23. The fraction of sp³-hybridized carbons (Fsp3) is 0.417. The summed E-state index contributed by atoms with van der Waals surface area (Å²) in [6, 6.07) is 1.92. The third-order valence-corrected chi connectivity index (χ3v) is 2.66. The number of aryl methyl sites for hydroxylation is 1. The third kappa shape index (κ3) is 2.50. The second-order valence-electron chi connectivity index (χ2n) is 3.83. The van der Waals surface area contributed by atoms with E-state index in [9.17, 15) is 0 Å². The summed E-state index contributed by atoms with van der Waals surface area (Å²) in [5.74, 6) is 0.994. The summed E-state index contributed by atoms with van der Waals surface area (Å²) in [4.78, 5) is 12.6. The fourth-order valence-corrected chi connectivity index (χ4v) is 1.89. The number of hydrogen-bond donors (Lipinski definition) is 1. The molecule has 0 saturated carbocycles. The highest BCUT2D eigenvalue weighted by Gasteiger charge is 2.17. The van der Waals surface area contributed by atoms with E-state index in [0.29, 0.717) is 0 Å². The van der Waals surface area contributed by atoms with E-state index in [4.69, 9.17) is 0 Å². The van der Waals surface area contributed by atoms with Crippen LogP contribution < -0.4 is 5.32 Å². The largest absolute Gasteiger partial charge is 0.333 e. The number of imidazole rings is 1. The number of nitrogens with zero attached hydrogens (tertiary/aromatic N) is 4. The maximum absolute atomic E-state index is 4.42. The molecule has 1 atom stereocenters. The predicted molar refractivity (Wildman–Crippen MR) is 65.5 cm³/mol. The first kappa shape index (κ1) is 11.7. The average Bonchev–Trinajstić information content (AvgIpc) is 2.81. The second kappa shape index (κ2) is 5.54. The van der Waals surface area contributed by atoms with Gasteiger partial charge in [-0.25, -0.2) is 15.0 Å². The first-order valence-corrected chi connectivity index (χ1v) is 5.81. The van der Waals surface area contributed by atoms with E-state index in [0.717, 1.165) is 24.5 Å². The summed E-state index contributed by atoms with van der Waals surface area (Å²) >= 11 is 0. The summed E-state index contributed by atoms with van der Waals surface area (Å²) < 4.78 is 2.16. The normalized spacial score (nSPS) is 12.6. The van der Waals surface area contributed by atoms with Crippen molar-refractivity contribution < 1.29 is 0 Å². The molecule has 0 radical (unpaired) electrons. The van der Waals surface area contributed by atoms with Gasteiger partial charge in [0.15, 0.2) is 0 Å². The lowest BCUT2D eigenvalue weighted by Gasteiger charge is -2.16. The van der Waals surface area contributed by atoms with Crippen LogP contribution in [0.5, 0.6) is 0 Å². The summed E-state index contributed by atoms with van der Waals surface area (Å²) in [6.45, 7) is 3.13. The number of hydrogen-bond acceptors (Lipinski definition) is 4. The summed E-state index contributed by atoms with van der Waals surface area (Å²) in [5.41, 5.74) is 0.936. The lowest BCUT2D eigenvalue weighted by atomic mass is 10.2. The van der Waals surface area contributed by atoms with Crippen LogP contribution in [0.1, 0.15) is 30.9 Å². The number of aromatic nitrogens is 4. The molecule has 17 heavy (non-hydrogen) atoms. The minimum Gasteiger partial charge on any atom is -0.333 e. The number of nitrogens with one attached hydrogen (secondary N) is 1. The van der Waals surface area contributed by atoms with Crippen molar-refractivity contribution in [3.05, 3.63) is 42.5 Å². The van der Waals surface area contributed by atoms with Crippen LogP contribution in [-0.4, -0.2) is 26.6 Å². The second-order valence-corrected chi connectivity index (χ2v) is 3.83. The van der Waals surface area contributed by atoms with Crippen LogP contribution in [-0.2, 0) is 6.54 Å². The molecule has 0 saturated heterocycles. The highest BCUT2D eigenvalue weighted by Crippen LogP contribution is 2.17. The molecule has 2 heterocycles. The first-order chi connectivity index (χ1) is 8.36. The van der Waals surface area contributed by atoms with Crippen LogP contribution >= 0.6 is 0 Å². The quantitative estimate of drug-likeness (QED) is 0.845. The van der Waals surface area contributed by atoms with Crippen molar-refractivity contribution in [2.75, 3.05) is 7.05 Å². The molecule has 0 aliphatic rings. The minimum atomic E-state index is 0.0135. The fourth-order valence-electron chi connectivity index (χ4n) is 1.89. The van der Waals surface area contributed by atoms with Crippen molar-refractivity contribution >= 4 is 0 Å². The Morgan fingerprint density at radius 1 is 1.35 bits per heavy atom. The van der Waals surface area contributed by atoms with Crippen LogP contribution in [0.25, 0.3) is 0 Å².